The van der Waals surface area contributed by atoms with Crippen molar-refractivity contribution in [2.75, 3.05) is 25.5 Å². The van der Waals surface area contributed by atoms with Gasteiger partial charge in [0.2, 0.25) is 0 Å². The molecule has 0 unspecified atom stereocenters. The molecule has 1 aromatic carbocycles. The molecule has 0 spiro atoms. The number of nitro groups is 1. The normalized spacial score (nSPS) is 16.6. The number of ether oxygens (including phenoxy) is 2. The average molecular weight is 354 g/mol. The summed E-state index contributed by atoms with van der Waals surface area (Å²) in [5.41, 5.74) is -0.00941. The first-order valence-corrected chi connectivity index (χ1v) is 8.44. The fraction of sp³-hybridized carbons (Fsp3) is 0.467. The van der Waals surface area contributed by atoms with Gasteiger partial charge >= 0.3 is 5.97 Å². The van der Waals surface area contributed by atoms with Gasteiger partial charge in [-0.15, -0.1) is 11.8 Å². The highest BCUT2D eigenvalue weighted by Crippen LogP contribution is 2.21. The van der Waals surface area contributed by atoms with Crippen LogP contribution in [0.5, 0.6) is 0 Å². The van der Waals surface area contributed by atoms with Crippen LogP contribution in [0.4, 0.5) is 5.69 Å². The van der Waals surface area contributed by atoms with E-state index < -0.39 is 10.9 Å². The van der Waals surface area contributed by atoms with Crippen molar-refractivity contribution in [3.8, 4) is 0 Å². The molecule has 1 N–H and O–H groups in total. The molecule has 24 heavy (non-hydrogen) atoms. The third-order valence-electron chi connectivity index (χ3n) is 3.32. The molecular weight excluding hydrogens is 336 g/mol. The van der Waals surface area contributed by atoms with Crippen LogP contribution >= 0.6 is 11.8 Å². The van der Waals surface area contributed by atoms with Gasteiger partial charge in [0.25, 0.3) is 11.6 Å². The summed E-state index contributed by atoms with van der Waals surface area (Å²) >= 11 is 1.19. The van der Waals surface area contributed by atoms with Gasteiger partial charge in [-0.1, -0.05) is 0 Å². The number of hydrogen-bond donors (Lipinski definition) is 1. The number of carbonyl (C=O) groups excluding carboxylic acids is 2. The second-order valence-corrected chi connectivity index (χ2v) is 6.19. The fourth-order valence-electron chi connectivity index (χ4n) is 2.08. The number of benzene rings is 1. The number of nitrogens with one attached hydrogen (secondary N) is 1. The Balaban J connectivity index is 1.61. The molecule has 1 aromatic rings. The van der Waals surface area contributed by atoms with Crippen LogP contribution in [-0.2, 0) is 19.1 Å². The maximum Gasteiger partial charge on any atom is 0.316 e. The van der Waals surface area contributed by atoms with Crippen molar-refractivity contribution in [2.24, 2.45) is 0 Å². The zero-order valence-electron chi connectivity index (χ0n) is 12.9. The van der Waals surface area contributed by atoms with E-state index in [0.717, 1.165) is 19.4 Å². The van der Waals surface area contributed by atoms with Gasteiger partial charge in [0.05, 0.1) is 16.8 Å². The molecule has 8 nitrogen and oxygen atoms in total. The number of amides is 1. The Labute approximate surface area is 143 Å². The standard InChI is InChI=1S/C15H18N2O6S/c18-14(16-8-12-2-1-7-22-12)9-23-15(19)10-24-13-5-3-11(4-6-13)17(20)21/h3-6,12H,1-2,7-10H2,(H,16,18)/t12-/m0/s1. The third-order valence-corrected chi connectivity index (χ3v) is 4.30. The monoisotopic (exact) mass is 354 g/mol. The van der Waals surface area contributed by atoms with Crippen LogP contribution in [0.15, 0.2) is 29.2 Å². The number of esters is 1. The summed E-state index contributed by atoms with van der Waals surface area (Å²) in [6, 6.07) is 5.85. The molecular formula is C15H18N2O6S. The van der Waals surface area contributed by atoms with E-state index in [1.807, 2.05) is 0 Å². The summed E-state index contributed by atoms with van der Waals surface area (Å²) in [6.07, 6.45) is 1.96. The number of rotatable bonds is 8. The summed E-state index contributed by atoms with van der Waals surface area (Å²) in [7, 11) is 0. The molecule has 0 radical (unpaired) electrons. The smallest absolute Gasteiger partial charge is 0.316 e. The first kappa shape index (κ1) is 18.2. The molecule has 0 saturated carbocycles. The van der Waals surface area contributed by atoms with Crippen LogP contribution in [0.3, 0.4) is 0 Å². The summed E-state index contributed by atoms with van der Waals surface area (Å²) in [4.78, 5) is 33.9. The highest BCUT2D eigenvalue weighted by atomic mass is 32.2. The van der Waals surface area contributed by atoms with E-state index in [4.69, 9.17) is 9.47 Å². The molecule has 0 aliphatic carbocycles. The van der Waals surface area contributed by atoms with Crippen molar-refractivity contribution in [3.63, 3.8) is 0 Å². The lowest BCUT2D eigenvalue weighted by molar-refractivity contribution is -0.384. The van der Waals surface area contributed by atoms with Gasteiger partial charge in [0, 0.05) is 30.2 Å². The van der Waals surface area contributed by atoms with Crippen molar-refractivity contribution >= 4 is 29.3 Å². The lowest BCUT2D eigenvalue weighted by Gasteiger charge is -2.10. The van der Waals surface area contributed by atoms with Crippen LogP contribution in [0.1, 0.15) is 12.8 Å². The SMILES string of the molecule is O=C(COC(=O)CSc1ccc([N+](=O)[O-])cc1)NC[C@@H]1CCCO1. The van der Waals surface area contributed by atoms with Crippen molar-refractivity contribution in [3.05, 3.63) is 34.4 Å². The average Bonchev–Trinajstić information content (AvgIpc) is 3.10. The molecule has 1 amide bonds. The highest BCUT2D eigenvalue weighted by molar-refractivity contribution is 8.00. The van der Waals surface area contributed by atoms with E-state index in [9.17, 15) is 19.7 Å². The van der Waals surface area contributed by atoms with E-state index in [-0.39, 0.29) is 30.1 Å². The maximum atomic E-state index is 11.6. The molecule has 1 saturated heterocycles. The molecule has 1 fully saturated rings. The van der Waals surface area contributed by atoms with Crippen molar-refractivity contribution < 1.29 is 24.0 Å². The van der Waals surface area contributed by atoms with E-state index in [0.29, 0.717) is 11.4 Å². The molecule has 1 heterocycles. The van der Waals surface area contributed by atoms with Crippen molar-refractivity contribution in [2.45, 2.75) is 23.8 Å². The topological polar surface area (TPSA) is 108 Å². The zero-order valence-corrected chi connectivity index (χ0v) is 13.8. The summed E-state index contributed by atoms with van der Waals surface area (Å²) < 4.78 is 10.3. The quantitative estimate of drug-likeness (QED) is 0.326. The molecule has 1 aliphatic heterocycles. The third kappa shape index (κ3) is 6.17. The van der Waals surface area contributed by atoms with Gasteiger partial charge < -0.3 is 14.8 Å². The van der Waals surface area contributed by atoms with E-state index >= 15 is 0 Å². The second-order valence-electron chi connectivity index (χ2n) is 5.14. The lowest BCUT2D eigenvalue weighted by atomic mass is 10.2. The molecule has 130 valence electrons. The summed E-state index contributed by atoms with van der Waals surface area (Å²) in [5, 5.41) is 13.2. The lowest BCUT2D eigenvalue weighted by Crippen LogP contribution is -2.35. The van der Waals surface area contributed by atoms with Gasteiger partial charge in [-0.05, 0) is 25.0 Å². The van der Waals surface area contributed by atoms with E-state index in [2.05, 4.69) is 5.32 Å². The maximum absolute atomic E-state index is 11.6. The zero-order chi connectivity index (χ0) is 17.4. The number of thioether (sulfide) groups is 1. The number of nitrogens with zero attached hydrogens (tertiary/aromatic N) is 1. The van der Waals surface area contributed by atoms with E-state index in [1.54, 1.807) is 12.1 Å². The first-order valence-electron chi connectivity index (χ1n) is 7.46. The second kappa shape index (κ2) is 9.24. The Morgan fingerprint density at radius 2 is 2.12 bits per heavy atom. The van der Waals surface area contributed by atoms with Crippen LogP contribution < -0.4 is 5.32 Å². The van der Waals surface area contributed by atoms with Crippen molar-refractivity contribution in [1.82, 2.24) is 5.32 Å². The Morgan fingerprint density at radius 3 is 2.75 bits per heavy atom. The molecule has 0 aromatic heterocycles. The minimum absolute atomic E-state index is 0.00941. The first-order chi connectivity index (χ1) is 11.5. The van der Waals surface area contributed by atoms with Gasteiger partial charge in [-0.2, -0.15) is 0 Å². The number of nitro benzene ring substituents is 1. The number of carbonyl (C=O) groups is 2. The predicted octanol–water partition coefficient (Wildman–Crippen LogP) is 1.53. The fourth-order valence-corrected chi connectivity index (χ4v) is 2.77. The minimum atomic E-state index is -0.523. The predicted molar refractivity (Wildman–Crippen MR) is 86.8 cm³/mol. The van der Waals surface area contributed by atoms with Crippen LogP contribution in [0.25, 0.3) is 0 Å². The minimum Gasteiger partial charge on any atom is -0.455 e. The Bertz CT molecular complexity index is 586. The van der Waals surface area contributed by atoms with Crippen LogP contribution in [0.2, 0.25) is 0 Å². The Kier molecular flexibility index (Phi) is 7.01. The molecule has 1 aliphatic rings. The summed E-state index contributed by atoms with van der Waals surface area (Å²) in [6.45, 7) is 0.815. The number of hydrogen-bond acceptors (Lipinski definition) is 7. The highest BCUT2D eigenvalue weighted by Gasteiger charge is 2.16. The molecule has 2 rings (SSSR count). The Hall–Kier alpha value is -2.13. The number of non-ortho nitro benzene ring substituents is 1. The molecule has 1 atom stereocenters. The van der Waals surface area contributed by atoms with Gasteiger partial charge in [-0.3, -0.25) is 19.7 Å². The van der Waals surface area contributed by atoms with Crippen LogP contribution in [0, 0.1) is 10.1 Å². The van der Waals surface area contributed by atoms with Crippen molar-refractivity contribution in [1.29, 1.82) is 0 Å². The Morgan fingerprint density at radius 1 is 1.38 bits per heavy atom. The summed E-state index contributed by atoms with van der Waals surface area (Å²) in [5.74, 6) is -0.860. The molecule has 9 heteroatoms. The molecule has 0 bridgehead atoms. The van der Waals surface area contributed by atoms with Gasteiger partial charge in [0.1, 0.15) is 0 Å². The van der Waals surface area contributed by atoms with Gasteiger partial charge in [0.15, 0.2) is 6.61 Å². The van der Waals surface area contributed by atoms with E-state index in [1.165, 1.54) is 23.9 Å². The van der Waals surface area contributed by atoms with Gasteiger partial charge in [-0.25, -0.2) is 0 Å². The van der Waals surface area contributed by atoms with Crippen LogP contribution in [-0.4, -0.2) is 48.4 Å². The largest absolute Gasteiger partial charge is 0.455 e.